The first kappa shape index (κ1) is 13.8. The first-order chi connectivity index (χ1) is 8.88. The maximum atomic E-state index is 11.7. The summed E-state index contributed by atoms with van der Waals surface area (Å²) >= 11 is 0. The Labute approximate surface area is 112 Å². The maximum absolute atomic E-state index is 11.7. The van der Waals surface area contributed by atoms with Gasteiger partial charge in [0.25, 0.3) is 0 Å². The molecule has 9 heteroatoms. The lowest BCUT2D eigenvalue weighted by Crippen LogP contribution is -2.26. The van der Waals surface area contributed by atoms with Crippen LogP contribution in [0.15, 0.2) is 0 Å². The van der Waals surface area contributed by atoms with Crippen LogP contribution in [0.4, 0.5) is 17.8 Å². The van der Waals surface area contributed by atoms with Gasteiger partial charge >= 0.3 is 0 Å². The number of nitrogens with zero attached hydrogens (tertiary/aromatic N) is 4. The van der Waals surface area contributed by atoms with Gasteiger partial charge in [-0.3, -0.25) is 0 Å². The summed E-state index contributed by atoms with van der Waals surface area (Å²) in [7, 11) is 0.614. The van der Waals surface area contributed by atoms with Crippen molar-refractivity contribution < 1.29 is 8.42 Å². The molecular formula is C10H18N6O2S. The maximum Gasteiger partial charge on any atom is 0.231 e. The molecule has 1 aromatic rings. The average molecular weight is 286 g/mol. The highest BCUT2D eigenvalue weighted by atomic mass is 32.2. The lowest BCUT2D eigenvalue weighted by Gasteiger charge is -2.14. The quantitative estimate of drug-likeness (QED) is 0.762. The molecule has 1 saturated heterocycles. The highest BCUT2D eigenvalue weighted by Crippen LogP contribution is 2.20. The normalized spacial score (nSPS) is 21.3. The van der Waals surface area contributed by atoms with E-state index < -0.39 is 9.84 Å². The standard InChI is InChI=1S/C10H18N6O2S/c1-16(2)10-14-8(11)13-9(15-10)12-6-7-4-3-5-19(7,17)18/h7H,3-6H2,1-2H3,(H3,11,12,13,14,15). The first-order valence-electron chi connectivity index (χ1n) is 6.03. The van der Waals surface area contributed by atoms with Gasteiger partial charge in [-0.05, 0) is 12.8 Å². The van der Waals surface area contributed by atoms with E-state index in [1.54, 1.807) is 19.0 Å². The SMILES string of the molecule is CN(C)c1nc(N)nc(NCC2CCCS2(=O)=O)n1. The van der Waals surface area contributed by atoms with E-state index in [2.05, 4.69) is 20.3 Å². The largest absolute Gasteiger partial charge is 0.368 e. The van der Waals surface area contributed by atoms with Gasteiger partial charge in [0, 0.05) is 20.6 Å². The van der Waals surface area contributed by atoms with Crippen molar-refractivity contribution >= 4 is 27.7 Å². The van der Waals surface area contributed by atoms with E-state index in [0.29, 0.717) is 24.9 Å². The Morgan fingerprint density at radius 1 is 1.37 bits per heavy atom. The Hall–Kier alpha value is -1.64. The minimum atomic E-state index is -2.97. The van der Waals surface area contributed by atoms with Gasteiger partial charge in [-0.15, -0.1) is 0 Å². The van der Waals surface area contributed by atoms with E-state index in [1.165, 1.54) is 0 Å². The molecule has 0 amide bonds. The van der Waals surface area contributed by atoms with Gasteiger partial charge in [-0.2, -0.15) is 15.0 Å². The second-order valence-corrected chi connectivity index (χ2v) is 7.12. The molecule has 1 aliphatic heterocycles. The number of aromatic nitrogens is 3. The molecule has 1 unspecified atom stereocenters. The predicted molar refractivity (Wildman–Crippen MR) is 73.9 cm³/mol. The molecule has 106 valence electrons. The van der Waals surface area contributed by atoms with Crippen molar-refractivity contribution in [2.75, 3.05) is 42.3 Å². The molecule has 0 spiro atoms. The van der Waals surface area contributed by atoms with E-state index in [-0.39, 0.29) is 17.0 Å². The van der Waals surface area contributed by atoms with Crippen molar-refractivity contribution in [2.24, 2.45) is 0 Å². The zero-order chi connectivity index (χ0) is 14.0. The van der Waals surface area contributed by atoms with Crippen LogP contribution in [0.2, 0.25) is 0 Å². The minimum Gasteiger partial charge on any atom is -0.368 e. The van der Waals surface area contributed by atoms with Gasteiger partial charge < -0.3 is 16.0 Å². The number of rotatable bonds is 4. The molecule has 8 nitrogen and oxygen atoms in total. The fraction of sp³-hybridized carbons (Fsp3) is 0.700. The smallest absolute Gasteiger partial charge is 0.231 e. The van der Waals surface area contributed by atoms with Crippen molar-refractivity contribution in [1.29, 1.82) is 0 Å². The lowest BCUT2D eigenvalue weighted by atomic mass is 10.2. The van der Waals surface area contributed by atoms with E-state index in [1.807, 2.05) is 0 Å². The van der Waals surface area contributed by atoms with Crippen LogP contribution in [-0.4, -0.2) is 55.0 Å². The summed E-state index contributed by atoms with van der Waals surface area (Å²) in [6.45, 7) is 0.304. The first-order valence-corrected chi connectivity index (χ1v) is 7.74. The van der Waals surface area contributed by atoms with Gasteiger partial charge in [-0.25, -0.2) is 8.42 Å². The number of nitrogens with one attached hydrogen (secondary N) is 1. The number of sulfone groups is 1. The van der Waals surface area contributed by atoms with Crippen LogP contribution in [0.3, 0.4) is 0 Å². The van der Waals surface area contributed by atoms with Crippen LogP contribution >= 0.6 is 0 Å². The number of nitrogens with two attached hydrogens (primary N) is 1. The van der Waals surface area contributed by atoms with Crippen LogP contribution in [0, 0.1) is 0 Å². The van der Waals surface area contributed by atoms with Crippen LogP contribution < -0.4 is 16.0 Å². The summed E-state index contributed by atoms with van der Waals surface area (Å²) in [5, 5.41) is 2.56. The fourth-order valence-electron chi connectivity index (χ4n) is 1.95. The van der Waals surface area contributed by atoms with E-state index in [4.69, 9.17) is 5.73 Å². The molecule has 1 fully saturated rings. The van der Waals surface area contributed by atoms with Gasteiger partial charge in [0.15, 0.2) is 9.84 Å². The Kier molecular flexibility index (Phi) is 3.74. The minimum absolute atomic E-state index is 0.107. The van der Waals surface area contributed by atoms with Crippen LogP contribution in [0.5, 0.6) is 0 Å². The van der Waals surface area contributed by atoms with Crippen molar-refractivity contribution in [2.45, 2.75) is 18.1 Å². The summed E-state index contributed by atoms with van der Waals surface area (Å²) < 4.78 is 23.4. The lowest BCUT2D eigenvalue weighted by molar-refractivity contribution is 0.591. The molecule has 2 heterocycles. The van der Waals surface area contributed by atoms with Gasteiger partial charge in [0.1, 0.15) is 0 Å². The van der Waals surface area contributed by atoms with E-state index in [9.17, 15) is 8.42 Å². The molecular weight excluding hydrogens is 268 g/mol. The van der Waals surface area contributed by atoms with E-state index in [0.717, 1.165) is 6.42 Å². The van der Waals surface area contributed by atoms with Gasteiger partial charge in [-0.1, -0.05) is 0 Å². The summed E-state index contributed by atoms with van der Waals surface area (Å²) in [4.78, 5) is 13.8. The third-order valence-corrected chi connectivity index (χ3v) is 5.27. The monoisotopic (exact) mass is 286 g/mol. The zero-order valence-corrected chi connectivity index (χ0v) is 11.8. The Morgan fingerprint density at radius 2 is 2.11 bits per heavy atom. The summed E-state index contributed by atoms with van der Waals surface area (Å²) in [5.74, 6) is 1.11. The van der Waals surface area contributed by atoms with Crippen molar-refractivity contribution in [1.82, 2.24) is 15.0 Å². The Balaban J connectivity index is 2.07. The molecule has 3 N–H and O–H groups in total. The number of hydrogen-bond acceptors (Lipinski definition) is 8. The van der Waals surface area contributed by atoms with Crippen molar-refractivity contribution in [3.8, 4) is 0 Å². The second kappa shape index (κ2) is 5.16. The van der Waals surface area contributed by atoms with Crippen LogP contribution in [-0.2, 0) is 9.84 Å². The third kappa shape index (κ3) is 3.22. The molecule has 1 atom stereocenters. The molecule has 1 aromatic heterocycles. The van der Waals surface area contributed by atoms with Crippen molar-refractivity contribution in [3.63, 3.8) is 0 Å². The molecule has 0 radical (unpaired) electrons. The molecule has 2 rings (SSSR count). The fourth-order valence-corrected chi connectivity index (χ4v) is 3.72. The molecule has 0 bridgehead atoms. The average Bonchev–Trinajstić information content (AvgIpc) is 2.65. The molecule has 19 heavy (non-hydrogen) atoms. The zero-order valence-electron chi connectivity index (χ0n) is 11.0. The summed E-state index contributed by atoms with van der Waals surface area (Å²) in [5.41, 5.74) is 5.59. The molecule has 0 aliphatic carbocycles. The number of nitrogen functional groups attached to an aromatic ring is 1. The van der Waals surface area contributed by atoms with Crippen LogP contribution in [0.1, 0.15) is 12.8 Å². The Morgan fingerprint density at radius 3 is 2.68 bits per heavy atom. The summed E-state index contributed by atoms with van der Waals surface area (Å²) in [6, 6.07) is 0. The second-order valence-electron chi connectivity index (χ2n) is 4.72. The van der Waals surface area contributed by atoms with Crippen LogP contribution in [0.25, 0.3) is 0 Å². The van der Waals surface area contributed by atoms with Crippen molar-refractivity contribution in [3.05, 3.63) is 0 Å². The Bertz CT molecular complexity index is 559. The highest BCUT2D eigenvalue weighted by Gasteiger charge is 2.31. The molecule has 0 aromatic carbocycles. The number of anilines is 3. The predicted octanol–water partition coefficient (Wildman–Crippen LogP) is -0.491. The molecule has 0 saturated carbocycles. The van der Waals surface area contributed by atoms with Gasteiger partial charge in [0.05, 0.1) is 11.0 Å². The summed E-state index contributed by atoms with van der Waals surface area (Å²) in [6.07, 6.45) is 1.40. The highest BCUT2D eigenvalue weighted by molar-refractivity contribution is 7.92. The van der Waals surface area contributed by atoms with Gasteiger partial charge in [0.2, 0.25) is 17.8 Å². The third-order valence-electron chi connectivity index (χ3n) is 2.99. The topological polar surface area (TPSA) is 114 Å². The van der Waals surface area contributed by atoms with E-state index >= 15 is 0 Å². The molecule has 1 aliphatic rings. The number of hydrogen-bond donors (Lipinski definition) is 2.